The largest absolute Gasteiger partial charge is 0.459 e. The Morgan fingerprint density at radius 1 is 1.17 bits per heavy atom. The third-order valence-electron chi connectivity index (χ3n) is 5.23. The molecule has 1 aromatic heterocycles. The Morgan fingerprint density at radius 3 is 2.72 bits per heavy atom. The number of benzene rings is 1. The lowest BCUT2D eigenvalue weighted by molar-refractivity contribution is -0.117. The van der Waals surface area contributed by atoms with Crippen LogP contribution in [0, 0.1) is 0 Å². The van der Waals surface area contributed by atoms with E-state index in [0.29, 0.717) is 24.3 Å². The summed E-state index contributed by atoms with van der Waals surface area (Å²) in [6.45, 7) is 3.85. The highest BCUT2D eigenvalue weighted by Gasteiger charge is 2.35. The van der Waals surface area contributed by atoms with E-state index in [1.165, 1.54) is 6.26 Å². The maximum Gasteiger partial charge on any atom is 0.294 e. The Labute approximate surface area is 169 Å². The van der Waals surface area contributed by atoms with Crippen molar-refractivity contribution < 1.29 is 14.0 Å². The minimum atomic E-state index is -0.233. The van der Waals surface area contributed by atoms with E-state index in [1.54, 1.807) is 28.9 Å². The van der Waals surface area contributed by atoms with Crippen LogP contribution in [0.1, 0.15) is 36.4 Å². The number of anilines is 2. The first-order valence-corrected chi connectivity index (χ1v) is 9.59. The summed E-state index contributed by atoms with van der Waals surface area (Å²) in [6, 6.07) is 8.94. The first-order chi connectivity index (χ1) is 14.0. The summed E-state index contributed by atoms with van der Waals surface area (Å²) in [4.78, 5) is 28.8. The number of hydrogen-bond acceptors (Lipinski definition) is 4. The molecule has 0 fully saturated rings. The summed E-state index contributed by atoms with van der Waals surface area (Å²) >= 11 is 0. The molecule has 2 amide bonds. The van der Waals surface area contributed by atoms with Crippen molar-refractivity contribution in [2.24, 2.45) is 5.73 Å². The maximum atomic E-state index is 13.1. The third kappa shape index (κ3) is 3.38. The van der Waals surface area contributed by atoms with E-state index >= 15 is 0 Å². The van der Waals surface area contributed by atoms with Gasteiger partial charge in [-0.2, -0.15) is 0 Å². The molecule has 0 unspecified atom stereocenters. The van der Waals surface area contributed by atoms with E-state index in [1.807, 2.05) is 49.4 Å². The molecule has 1 aliphatic heterocycles. The highest BCUT2D eigenvalue weighted by Crippen LogP contribution is 2.39. The van der Waals surface area contributed by atoms with Crippen molar-refractivity contribution >= 4 is 28.8 Å². The van der Waals surface area contributed by atoms with Crippen molar-refractivity contribution in [3.8, 4) is 0 Å². The van der Waals surface area contributed by atoms with Crippen LogP contribution in [0.2, 0.25) is 0 Å². The Hall–Kier alpha value is -3.54. The third-order valence-corrected chi connectivity index (χ3v) is 5.23. The highest BCUT2D eigenvalue weighted by molar-refractivity contribution is 6.09. The van der Waals surface area contributed by atoms with E-state index in [2.05, 4.69) is 0 Å². The van der Waals surface area contributed by atoms with Gasteiger partial charge in [0.25, 0.3) is 5.91 Å². The molecule has 29 heavy (non-hydrogen) atoms. The quantitative estimate of drug-likeness (QED) is 0.846. The van der Waals surface area contributed by atoms with E-state index in [-0.39, 0.29) is 23.6 Å². The normalized spacial score (nSPS) is 18.6. The second-order valence-electron chi connectivity index (χ2n) is 7.26. The van der Waals surface area contributed by atoms with Crippen molar-refractivity contribution in [3.63, 3.8) is 0 Å². The van der Waals surface area contributed by atoms with Crippen LogP contribution < -0.4 is 15.5 Å². The van der Waals surface area contributed by atoms with E-state index < -0.39 is 0 Å². The first-order valence-electron chi connectivity index (χ1n) is 9.59. The summed E-state index contributed by atoms with van der Waals surface area (Å²) in [5.74, 6) is -0.0283. The zero-order valence-electron chi connectivity index (χ0n) is 16.5. The molecule has 1 aromatic carbocycles. The minimum absolute atomic E-state index is 0.0612. The lowest BCUT2D eigenvalue weighted by atomic mass is 9.98. The van der Waals surface area contributed by atoms with Crippen LogP contribution in [0.3, 0.4) is 0 Å². The predicted molar refractivity (Wildman–Crippen MR) is 113 cm³/mol. The molecule has 4 rings (SSSR count). The molecule has 2 aliphatic rings. The number of amides is 2. The average molecular weight is 389 g/mol. The summed E-state index contributed by atoms with van der Waals surface area (Å²) in [5, 5.41) is 0. The van der Waals surface area contributed by atoms with Crippen molar-refractivity contribution in [1.29, 1.82) is 0 Å². The molecule has 6 nitrogen and oxygen atoms in total. The lowest BCUT2D eigenvalue weighted by Crippen LogP contribution is -2.51. The number of fused-ring (bicyclic) bond motifs is 1. The van der Waals surface area contributed by atoms with Crippen molar-refractivity contribution in [3.05, 3.63) is 77.9 Å². The fourth-order valence-electron chi connectivity index (χ4n) is 3.92. The van der Waals surface area contributed by atoms with Crippen LogP contribution in [-0.2, 0) is 4.79 Å². The van der Waals surface area contributed by atoms with Gasteiger partial charge < -0.3 is 20.0 Å². The molecule has 6 heteroatoms. The minimum Gasteiger partial charge on any atom is -0.459 e. The topological polar surface area (TPSA) is 79.8 Å². The summed E-state index contributed by atoms with van der Waals surface area (Å²) in [5.41, 5.74) is 10.2. The molecular formula is C23H23N3O3. The van der Waals surface area contributed by atoms with Gasteiger partial charge in [-0.1, -0.05) is 30.4 Å². The predicted octanol–water partition coefficient (Wildman–Crippen LogP) is 3.87. The molecular weight excluding hydrogens is 366 g/mol. The summed E-state index contributed by atoms with van der Waals surface area (Å²) in [6.07, 6.45) is 10.0. The van der Waals surface area contributed by atoms with Gasteiger partial charge in [0, 0.05) is 31.2 Å². The number of nitrogens with zero attached hydrogens (tertiary/aromatic N) is 2. The van der Waals surface area contributed by atoms with Crippen molar-refractivity contribution in [2.45, 2.75) is 26.3 Å². The molecule has 2 aromatic rings. The number of allylic oxidation sites excluding steroid dienone is 5. The second-order valence-corrected chi connectivity index (χ2v) is 7.26. The number of hydrogen-bond donors (Lipinski definition) is 1. The lowest BCUT2D eigenvalue weighted by Gasteiger charge is -2.40. The molecule has 0 saturated heterocycles. The monoisotopic (exact) mass is 389 g/mol. The molecule has 2 heterocycles. The SMILES string of the molecule is CC(=O)N1c2ccc(C3=C(N)CC=CC=C3)cc2N(C(=O)c2ccco2)C[C@@H]1C. The number of furan rings is 1. The smallest absolute Gasteiger partial charge is 0.294 e. The van der Waals surface area contributed by atoms with Gasteiger partial charge in [-0.25, -0.2) is 0 Å². The average Bonchev–Trinajstić information content (AvgIpc) is 3.15. The molecule has 148 valence electrons. The number of rotatable bonds is 2. The van der Waals surface area contributed by atoms with Gasteiger partial charge in [0.1, 0.15) is 0 Å². The van der Waals surface area contributed by atoms with Gasteiger partial charge in [-0.05, 0) is 36.8 Å². The van der Waals surface area contributed by atoms with Crippen LogP contribution >= 0.6 is 0 Å². The van der Waals surface area contributed by atoms with Crippen molar-refractivity contribution in [1.82, 2.24) is 0 Å². The van der Waals surface area contributed by atoms with Gasteiger partial charge >= 0.3 is 0 Å². The Balaban J connectivity index is 1.85. The van der Waals surface area contributed by atoms with Gasteiger partial charge in [-0.3, -0.25) is 9.59 Å². The zero-order valence-corrected chi connectivity index (χ0v) is 16.5. The van der Waals surface area contributed by atoms with Crippen LogP contribution in [0.5, 0.6) is 0 Å². The molecule has 0 spiro atoms. The fourth-order valence-corrected chi connectivity index (χ4v) is 3.92. The first kappa shape index (κ1) is 18.8. The Kier molecular flexibility index (Phi) is 4.84. The molecule has 1 aliphatic carbocycles. The van der Waals surface area contributed by atoms with Crippen molar-refractivity contribution in [2.75, 3.05) is 16.3 Å². The zero-order chi connectivity index (χ0) is 20.5. The van der Waals surface area contributed by atoms with E-state index in [9.17, 15) is 9.59 Å². The Morgan fingerprint density at radius 2 is 2.00 bits per heavy atom. The van der Waals surface area contributed by atoms with E-state index in [0.717, 1.165) is 16.8 Å². The van der Waals surface area contributed by atoms with Crippen LogP contribution in [-0.4, -0.2) is 24.4 Å². The second kappa shape index (κ2) is 7.47. The molecule has 1 atom stereocenters. The number of carbonyl (C=O) groups is 2. The van der Waals surface area contributed by atoms with Gasteiger partial charge in [0.05, 0.1) is 23.7 Å². The molecule has 0 radical (unpaired) electrons. The molecule has 0 bridgehead atoms. The van der Waals surface area contributed by atoms with Gasteiger partial charge in [-0.15, -0.1) is 0 Å². The standard InChI is InChI=1S/C23H23N3O3/c1-15-14-25(23(28)22-9-6-12-29-22)21-13-17(10-11-20(21)26(15)16(2)27)18-7-4-3-5-8-19(18)24/h3-7,9-13,15H,8,14,24H2,1-2H3/t15-/m0/s1. The number of nitrogens with two attached hydrogens (primary N) is 1. The summed E-state index contributed by atoms with van der Waals surface area (Å²) < 4.78 is 5.33. The molecule has 2 N–H and O–H groups in total. The van der Waals surface area contributed by atoms with Gasteiger partial charge in [0.15, 0.2) is 5.76 Å². The molecule has 0 saturated carbocycles. The maximum absolute atomic E-state index is 13.1. The van der Waals surface area contributed by atoms with Crippen LogP contribution in [0.15, 0.2) is 71.0 Å². The summed E-state index contributed by atoms with van der Waals surface area (Å²) in [7, 11) is 0. The number of carbonyl (C=O) groups excluding carboxylic acids is 2. The van der Waals surface area contributed by atoms with Gasteiger partial charge in [0.2, 0.25) is 5.91 Å². The Bertz CT molecular complexity index is 1050. The fraction of sp³-hybridized carbons (Fsp3) is 0.217. The van der Waals surface area contributed by atoms with E-state index in [4.69, 9.17) is 10.2 Å². The highest BCUT2D eigenvalue weighted by atomic mass is 16.3. The van der Waals surface area contributed by atoms with Crippen LogP contribution in [0.25, 0.3) is 5.57 Å². The van der Waals surface area contributed by atoms with Crippen LogP contribution in [0.4, 0.5) is 11.4 Å².